The molecular weight excluding hydrogens is 412 g/mol. The van der Waals surface area contributed by atoms with E-state index in [1.54, 1.807) is 0 Å². The fraction of sp³-hybridized carbons (Fsp3) is 0.333. The highest BCUT2D eigenvalue weighted by atomic mass is 16.3. The summed E-state index contributed by atoms with van der Waals surface area (Å²) in [5, 5.41) is 13.5. The van der Waals surface area contributed by atoms with Crippen molar-refractivity contribution in [1.29, 1.82) is 0 Å². The van der Waals surface area contributed by atoms with Crippen molar-refractivity contribution < 1.29 is 5.11 Å². The predicted octanol–water partition coefficient (Wildman–Crippen LogP) is 8.96. The van der Waals surface area contributed by atoms with E-state index in [2.05, 4.69) is 120 Å². The molecule has 5 rings (SSSR count). The molecule has 1 unspecified atom stereocenters. The lowest BCUT2D eigenvalue weighted by molar-refractivity contribution is 0.367. The van der Waals surface area contributed by atoms with Gasteiger partial charge in [-0.05, 0) is 74.6 Å². The van der Waals surface area contributed by atoms with E-state index in [9.17, 15) is 5.11 Å². The second kappa shape index (κ2) is 8.01. The first-order valence-electron chi connectivity index (χ1n) is 12.6. The fourth-order valence-electron chi connectivity index (χ4n) is 6.09. The second-order valence-electron chi connectivity index (χ2n) is 11.6. The van der Waals surface area contributed by atoms with E-state index >= 15 is 0 Å². The van der Waals surface area contributed by atoms with Gasteiger partial charge in [0.1, 0.15) is 5.75 Å². The van der Waals surface area contributed by atoms with Crippen molar-refractivity contribution in [2.45, 2.75) is 64.7 Å². The van der Waals surface area contributed by atoms with Gasteiger partial charge in [0.05, 0.1) is 0 Å². The summed E-state index contributed by atoms with van der Waals surface area (Å²) in [5.41, 5.74) is 7.69. The van der Waals surface area contributed by atoms with Crippen LogP contribution in [0.15, 0.2) is 78.9 Å². The highest BCUT2D eigenvalue weighted by Gasteiger charge is 2.36. The van der Waals surface area contributed by atoms with Crippen LogP contribution in [0.1, 0.15) is 76.1 Å². The molecule has 1 heteroatoms. The molecule has 0 saturated heterocycles. The van der Waals surface area contributed by atoms with Crippen molar-refractivity contribution >= 4 is 10.8 Å². The van der Waals surface area contributed by atoms with Gasteiger partial charge in [-0.25, -0.2) is 0 Å². The summed E-state index contributed by atoms with van der Waals surface area (Å²) in [7, 11) is 0. The second-order valence-corrected chi connectivity index (χ2v) is 11.6. The number of hydrogen-bond acceptors (Lipinski definition) is 1. The molecule has 0 fully saturated rings. The third-order valence-electron chi connectivity index (χ3n) is 8.22. The maximum absolute atomic E-state index is 11.4. The molecule has 1 nitrogen and oxygen atoms in total. The molecule has 1 atom stereocenters. The molecule has 1 N–H and O–H groups in total. The summed E-state index contributed by atoms with van der Waals surface area (Å²) in [6.45, 7) is 13.9. The van der Waals surface area contributed by atoms with Gasteiger partial charge in [0.15, 0.2) is 0 Å². The smallest absolute Gasteiger partial charge is 0.123 e. The Morgan fingerprint density at radius 1 is 0.824 bits per heavy atom. The van der Waals surface area contributed by atoms with Gasteiger partial charge >= 0.3 is 0 Å². The van der Waals surface area contributed by atoms with Crippen molar-refractivity contribution in [2.24, 2.45) is 5.92 Å². The van der Waals surface area contributed by atoms with Crippen LogP contribution in [0.25, 0.3) is 21.9 Å². The molecule has 1 aliphatic rings. The topological polar surface area (TPSA) is 20.2 Å². The minimum absolute atomic E-state index is 0.0573. The maximum atomic E-state index is 11.4. The van der Waals surface area contributed by atoms with Crippen LogP contribution in [0.3, 0.4) is 0 Å². The largest absolute Gasteiger partial charge is 0.507 e. The quantitative estimate of drug-likeness (QED) is 0.331. The normalized spacial score (nSPS) is 17.3. The number of rotatable bonds is 3. The number of aromatic hydroxyl groups is 1. The monoisotopic (exact) mass is 448 g/mol. The first-order chi connectivity index (χ1) is 16.1. The lowest BCUT2D eigenvalue weighted by Gasteiger charge is -2.31. The summed E-state index contributed by atoms with van der Waals surface area (Å²) >= 11 is 0. The molecule has 174 valence electrons. The van der Waals surface area contributed by atoms with Gasteiger partial charge in [-0.15, -0.1) is 0 Å². The molecule has 4 aromatic carbocycles. The van der Waals surface area contributed by atoms with Gasteiger partial charge in [0.25, 0.3) is 0 Å². The minimum atomic E-state index is -0.158. The molecule has 0 spiro atoms. The zero-order chi connectivity index (χ0) is 24.3. The zero-order valence-corrected chi connectivity index (χ0v) is 21.3. The summed E-state index contributed by atoms with van der Waals surface area (Å²) in [5.74, 6) is 1.26. The molecule has 0 saturated carbocycles. The van der Waals surface area contributed by atoms with Crippen molar-refractivity contribution in [1.82, 2.24) is 0 Å². The minimum Gasteiger partial charge on any atom is -0.507 e. The number of benzene rings is 4. The Balaban J connectivity index is 1.81. The van der Waals surface area contributed by atoms with E-state index in [-0.39, 0.29) is 10.8 Å². The van der Waals surface area contributed by atoms with Crippen LogP contribution < -0.4 is 0 Å². The van der Waals surface area contributed by atoms with Crippen LogP contribution in [-0.2, 0) is 10.8 Å². The van der Waals surface area contributed by atoms with E-state index in [0.717, 1.165) is 17.2 Å². The highest BCUT2D eigenvalue weighted by Crippen LogP contribution is 2.52. The van der Waals surface area contributed by atoms with Crippen LogP contribution in [0.4, 0.5) is 0 Å². The predicted molar refractivity (Wildman–Crippen MR) is 145 cm³/mol. The third kappa shape index (κ3) is 3.54. The summed E-state index contributed by atoms with van der Waals surface area (Å²) < 4.78 is 0. The Morgan fingerprint density at radius 3 is 2.21 bits per heavy atom. The summed E-state index contributed by atoms with van der Waals surface area (Å²) in [4.78, 5) is 0. The average molecular weight is 449 g/mol. The van der Waals surface area contributed by atoms with Crippen LogP contribution in [0.2, 0.25) is 0 Å². The van der Waals surface area contributed by atoms with Crippen LogP contribution >= 0.6 is 0 Å². The Hall–Kier alpha value is -3.06. The lowest BCUT2D eigenvalue weighted by Crippen LogP contribution is -2.22. The summed E-state index contributed by atoms with van der Waals surface area (Å²) in [6.07, 6.45) is 1.07. The van der Waals surface area contributed by atoms with Crippen molar-refractivity contribution in [2.75, 3.05) is 0 Å². The standard InChI is InChI=1S/C33H36O/c1-21(2)28-20-32(3,4)29-15-11-10-14-25(29)31-24-17-16-23(18-26(24)30(34)19-27(28)31)33(5,6)22-12-8-7-9-13-22/h7-19,21,28,34H,20H2,1-6H3. The Morgan fingerprint density at radius 2 is 1.50 bits per heavy atom. The van der Waals surface area contributed by atoms with Gasteiger partial charge in [0.2, 0.25) is 0 Å². The number of phenols is 1. The number of phenolic OH excluding ortho intramolecular Hbond substituents is 1. The molecule has 1 aliphatic carbocycles. The average Bonchev–Trinajstić information content (AvgIpc) is 2.92. The Labute approximate surface area is 204 Å². The van der Waals surface area contributed by atoms with E-state index < -0.39 is 0 Å². The third-order valence-corrected chi connectivity index (χ3v) is 8.22. The van der Waals surface area contributed by atoms with Crippen LogP contribution in [0.5, 0.6) is 5.75 Å². The molecule has 0 bridgehead atoms. The van der Waals surface area contributed by atoms with Crippen molar-refractivity contribution in [3.05, 3.63) is 101 Å². The summed E-state index contributed by atoms with van der Waals surface area (Å²) in [6, 6.07) is 28.3. The van der Waals surface area contributed by atoms with E-state index in [1.807, 2.05) is 0 Å². The molecule has 4 aromatic rings. The number of fused-ring (bicyclic) bond motifs is 5. The Bertz CT molecular complexity index is 1360. The molecule has 0 aliphatic heterocycles. The van der Waals surface area contributed by atoms with E-state index in [1.165, 1.54) is 33.4 Å². The van der Waals surface area contributed by atoms with Crippen LogP contribution in [-0.4, -0.2) is 5.11 Å². The first-order valence-corrected chi connectivity index (χ1v) is 12.6. The number of hydrogen-bond donors (Lipinski definition) is 1. The van der Waals surface area contributed by atoms with E-state index in [4.69, 9.17) is 0 Å². The van der Waals surface area contributed by atoms with Gasteiger partial charge in [-0.2, -0.15) is 0 Å². The molecular formula is C33H36O. The van der Waals surface area contributed by atoms with Gasteiger partial charge in [-0.1, -0.05) is 108 Å². The molecule has 0 radical (unpaired) electrons. The molecule has 0 heterocycles. The van der Waals surface area contributed by atoms with Crippen molar-refractivity contribution in [3.8, 4) is 16.9 Å². The van der Waals surface area contributed by atoms with Gasteiger partial charge in [-0.3, -0.25) is 0 Å². The van der Waals surface area contributed by atoms with Crippen molar-refractivity contribution in [3.63, 3.8) is 0 Å². The highest BCUT2D eigenvalue weighted by molar-refractivity contribution is 6.03. The molecule has 0 amide bonds. The first kappa shape index (κ1) is 22.7. The van der Waals surface area contributed by atoms with Gasteiger partial charge in [0, 0.05) is 10.8 Å². The maximum Gasteiger partial charge on any atom is 0.123 e. The zero-order valence-electron chi connectivity index (χ0n) is 21.3. The molecule has 34 heavy (non-hydrogen) atoms. The molecule has 0 aromatic heterocycles. The van der Waals surface area contributed by atoms with Crippen LogP contribution in [0, 0.1) is 5.92 Å². The van der Waals surface area contributed by atoms with E-state index in [0.29, 0.717) is 17.6 Å². The fourth-order valence-corrected chi connectivity index (χ4v) is 6.09. The lowest BCUT2D eigenvalue weighted by atomic mass is 9.73. The van der Waals surface area contributed by atoms with Gasteiger partial charge < -0.3 is 5.11 Å². The SMILES string of the molecule is CC(C)C1CC(C)(C)c2ccccc2-c2c1cc(O)c1cc(C(C)(C)c3ccccc3)ccc21. The Kier molecular flexibility index (Phi) is 5.35.